The fourth-order valence-corrected chi connectivity index (χ4v) is 7.78. The lowest BCUT2D eigenvalue weighted by molar-refractivity contribution is -0.119. The van der Waals surface area contributed by atoms with E-state index in [4.69, 9.17) is 0 Å². The predicted octanol–water partition coefficient (Wildman–Crippen LogP) is 5.46. The summed E-state index contributed by atoms with van der Waals surface area (Å²) in [7, 11) is 0. The molecule has 2 nitrogen and oxygen atoms in total. The van der Waals surface area contributed by atoms with Crippen LogP contribution in [0.1, 0.15) is 80.1 Å². The van der Waals surface area contributed by atoms with Gasteiger partial charge in [0.1, 0.15) is 0 Å². The van der Waals surface area contributed by atoms with Crippen LogP contribution in [-0.2, 0) is 4.79 Å². The summed E-state index contributed by atoms with van der Waals surface area (Å²) in [4.78, 5) is 12.3. The summed E-state index contributed by atoms with van der Waals surface area (Å²) >= 11 is 0. The molecule has 0 aromatic heterocycles. The number of hydrogen-bond acceptors (Lipinski definition) is 2. The maximum atomic E-state index is 12.3. The monoisotopic (exact) mass is 356 g/mol. The van der Waals surface area contributed by atoms with Gasteiger partial charge in [-0.15, -0.1) is 0 Å². The Morgan fingerprint density at radius 2 is 1.73 bits per heavy atom. The number of carbonyl (C=O) groups excluding carboxylic acids is 1. The third kappa shape index (κ3) is 2.00. The lowest BCUT2D eigenvalue weighted by atomic mass is 9.41. The molecule has 0 spiro atoms. The molecule has 4 aliphatic carbocycles. The first kappa shape index (κ1) is 18.5. The standard InChI is InChI=1S/C24H36O2/c1-15(25)16-9-13-24(6)18-7-8-19-21(2,3)20(26)11-12-22(19,4)17(18)10-14-23(16,24)5/h9-10,18-20,26H,7-8,11-14H2,1-6H3. The third-order valence-electron chi connectivity index (χ3n) is 9.71. The molecule has 0 heterocycles. The summed E-state index contributed by atoms with van der Waals surface area (Å²) in [5.41, 5.74) is 3.06. The lowest BCUT2D eigenvalue weighted by Crippen LogP contribution is -2.57. The first-order valence-electron chi connectivity index (χ1n) is 10.6. The van der Waals surface area contributed by atoms with E-state index in [1.165, 1.54) is 12.8 Å². The Morgan fingerprint density at radius 3 is 2.38 bits per heavy atom. The van der Waals surface area contributed by atoms with Crippen molar-refractivity contribution in [1.29, 1.82) is 0 Å². The summed E-state index contributed by atoms with van der Waals surface area (Å²) in [6.07, 6.45) is 11.0. The molecule has 0 aliphatic heterocycles. The largest absolute Gasteiger partial charge is 0.393 e. The quantitative estimate of drug-likeness (QED) is 0.633. The number of aliphatic hydroxyl groups excluding tert-OH is 1. The normalized spacial score (nSPS) is 49.4. The number of aliphatic hydroxyl groups is 1. The molecule has 0 bridgehead atoms. The molecule has 0 radical (unpaired) electrons. The van der Waals surface area contributed by atoms with Gasteiger partial charge in [0.2, 0.25) is 0 Å². The zero-order valence-corrected chi connectivity index (χ0v) is 17.5. The molecule has 2 saturated carbocycles. The second-order valence-corrected chi connectivity index (χ2v) is 11.0. The van der Waals surface area contributed by atoms with Crippen LogP contribution in [0.3, 0.4) is 0 Å². The average molecular weight is 357 g/mol. The minimum Gasteiger partial charge on any atom is -0.393 e. The van der Waals surface area contributed by atoms with Crippen LogP contribution in [0.2, 0.25) is 0 Å². The van der Waals surface area contributed by atoms with Crippen molar-refractivity contribution >= 4 is 5.78 Å². The Bertz CT molecular complexity index is 714. The minimum absolute atomic E-state index is 0.0140. The van der Waals surface area contributed by atoms with Gasteiger partial charge in [0, 0.05) is 5.41 Å². The van der Waals surface area contributed by atoms with Crippen LogP contribution in [0.25, 0.3) is 0 Å². The Kier molecular flexibility index (Phi) is 3.79. The van der Waals surface area contributed by atoms with Crippen molar-refractivity contribution in [1.82, 2.24) is 0 Å². The second-order valence-electron chi connectivity index (χ2n) is 11.0. The SMILES string of the molecule is CC(=O)C1=CCC2(C)C3CCC4C(C)(CCC(O)C4(C)C)C3=CCC12C. The molecule has 6 atom stereocenters. The number of Topliss-reactive ketones (excluding diaryl/α,β-unsaturated/α-hetero) is 1. The summed E-state index contributed by atoms with van der Waals surface area (Å²) in [6, 6.07) is 0. The van der Waals surface area contributed by atoms with Crippen LogP contribution in [0.4, 0.5) is 0 Å². The second kappa shape index (κ2) is 5.34. The van der Waals surface area contributed by atoms with Crippen LogP contribution < -0.4 is 0 Å². The van der Waals surface area contributed by atoms with Crippen molar-refractivity contribution in [3.8, 4) is 0 Å². The van der Waals surface area contributed by atoms with E-state index in [-0.39, 0.29) is 33.5 Å². The van der Waals surface area contributed by atoms with Gasteiger partial charge in [-0.2, -0.15) is 0 Å². The maximum Gasteiger partial charge on any atom is 0.156 e. The van der Waals surface area contributed by atoms with Gasteiger partial charge in [0.15, 0.2) is 5.78 Å². The summed E-state index contributed by atoms with van der Waals surface area (Å²) in [6.45, 7) is 13.6. The molecular formula is C24H36O2. The molecule has 0 amide bonds. The van der Waals surface area contributed by atoms with E-state index in [0.29, 0.717) is 11.8 Å². The zero-order chi connectivity index (χ0) is 19.1. The first-order valence-corrected chi connectivity index (χ1v) is 10.6. The number of allylic oxidation sites excluding steroid dienone is 4. The minimum atomic E-state index is -0.181. The van der Waals surface area contributed by atoms with Crippen molar-refractivity contribution < 1.29 is 9.90 Å². The molecule has 26 heavy (non-hydrogen) atoms. The highest BCUT2D eigenvalue weighted by Gasteiger charge is 2.63. The van der Waals surface area contributed by atoms with Crippen molar-refractivity contribution in [3.63, 3.8) is 0 Å². The van der Waals surface area contributed by atoms with Crippen LogP contribution in [0.5, 0.6) is 0 Å². The van der Waals surface area contributed by atoms with Gasteiger partial charge in [-0.1, -0.05) is 52.3 Å². The molecule has 4 aliphatic rings. The topological polar surface area (TPSA) is 37.3 Å². The van der Waals surface area contributed by atoms with Gasteiger partial charge in [-0.05, 0) is 79.1 Å². The lowest BCUT2D eigenvalue weighted by Gasteiger charge is -2.63. The van der Waals surface area contributed by atoms with Gasteiger partial charge in [-0.25, -0.2) is 0 Å². The summed E-state index contributed by atoms with van der Waals surface area (Å²) in [5, 5.41) is 10.7. The fraction of sp³-hybridized carbons (Fsp3) is 0.792. The van der Waals surface area contributed by atoms with Crippen LogP contribution in [0.15, 0.2) is 23.3 Å². The van der Waals surface area contributed by atoms with E-state index in [0.717, 1.165) is 31.3 Å². The van der Waals surface area contributed by atoms with Crippen molar-refractivity contribution in [2.45, 2.75) is 86.2 Å². The average Bonchev–Trinajstić information content (AvgIpc) is 2.84. The Hall–Kier alpha value is -0.890. The van der Waals surface area contributed by atoms with E-state index < -0.39 is 0 Å². The van der Waals surface area contributed by atoms with Crippen molar-refractivity contribution in [2.75, 3.05) is 0 Å². The van der Waals surface area contributed by atoms with E-state index in [1.54, 1.807) is 12.5 Å². The fourth-order valence-electron chi connectivity index (χ4n) is 7.78. The smallest absolute Gasteiger partial charge is 0.156 e. The van der Waals surface area contributed by atoms with E-state index in [2.05, 4.69) is 46.8 Å². The first-order chi connectivity index (χ1) is 12.0. The van der Waals surface area contributed by atoms with Gasteiger partial charge in [0.05, 0.1) is 6.10 Å². The van der Waals surface area contributed by atoms with Gasteiger partial charge >= 0.3 is 0 Å². The van der Waals surface area contributed by atoms with Crippen LogP contribution >= 0.6 is 0 Å². The van der Waals surface area contributed by atoms with Crippen molar-refractivity contribution in [3.05, 3.63) is 23.3 Å². The Labute approximate surface area is 159 Å². The molecule has 2 heteroatoms. The molecule has 144 valence electrons. The van der Waals surface area contributed by atoms with Crippen molar-refractivity contribution in [2.24, 2.45) is 33.5 Å². The number of ketones is 1. The molecule has 4 rings (SSSR count). The molecule has 2 fully saturated rings. The molecule has 6 unspecified atom stereocenters. The third-order valence-corrected chi connectivity index (χ3v) is 9.71. The number of fused-ring (bicyclic) bond motifs is 5. The maximum absolute atomic E-state index is 12.3. The highest BCUT2D eigenvalue weighted by molar-refractivity contribution is 5.95. The van der Waals surface area contributed by atoms with Gasteiger partial charge in [-0.3, -0.25) is 4.79 Å². The predicted molar refractivity (Wildman–Crippen MR) is 106 cm³/mol. The number of carbonyl (C=O) groups is 1. The zero-order valence-electron chi connectivity index (χ0n) is 17.5. The molecule has 0 saturated heterocycles. The number of rotatable bonds is 1. The van der Waals surface area contributed by atoms with Crippen LogP contribution in [0, 0.1) is 33.5 Å². The molecule has 0 aromatic rings. The van der Waals surface area contributed by atoms with Gasteiger partial charge < -0.3 is 5.11 Å². The Balaban J connectivity index is 1.78. The van der Waals surface area contributed by atoms with E-state index >= 15 is 0 Å². The molecule has 1 N–H and O–H groups in total. The highest BCUT2D eigenvalue weighted by atomic mass is 16.3. The molecular weight excluding hydrogens is 320 g/mol. The summed E-state index contributed by atoms with van der Waals surface area (Å²) < 4.78 is 0. The van der Waals surface area contributed by atoms with Gasteiger partial charge in [0.25, 0.3) is 0 Å². The van der Waals surface area contributed by atoms with E-state index in [1.807, 2.05) is 0 Å². The Morgan fingerprint density at radius 1 is 1.04 bits per heavy atom. The summed E-state index contributed by atoms with van der Waals surface area (Å²) in [5.74, 6) is 1.38. The highest BCUT2D eigenvalue weighted by Crippen LogP contribution is 2.71. The number of hydrogen-bond donors (Lipinski definition) is 1. The van der Waals surface area contributed by atoms with Crippen LogP contribution in [-0.4, -0.2) is 17.0 Å². The molecule has 0 aromatic carbocycles. The van der Waals surface area contributed by atoms with E-state index in [9.17, 15) is 9.90 Å².